The number of hydrogen-bond acceptors (Lipinski definition) is 4. The molecule has 1 aromatic heterocycles. The molecule has 0 amide bonds. The molecule has 0 spiro atoms. The van der Waals surface area contributed by atoms with Crippen LogP contribution in [-0.2, 0) is 4.79 Å². The van der Waals surface area contributed by atoms with E-state index >= 15 is 0 Å². The summed E-state index contributed by atoms with van der Waals surface area (Å²) in [5.74, 6) is 0.348. The van der Waals surface area contributed by atoms with Gasteiger partial charge in [0.25, 0.3) is 0 Å². The molecule has 0 bridgehead atoms. The van der Waals surface area contributed by atoms with Crippen molar-refractivity contribution in [2.75, 3.05) is 6.61 Å². The summed E-state index contributed by atoms with van der Waals surface area (Å²) in [5.41, 5.74) is 1.21. The average molecular weight is 488 g/mol. The standard InChI is InChI=1S/C26H24Cl2FNO3/c27-19-5-9-23-17(14-19)4-8-24(30-23)26(32)10-2-16-1-3-18(13-16)25(31)11-12-33-20-6-7-21(28)22(29)15-20/h4-9,14-16,18H,1-3,10-13H2. The third-order valence-corrected chi connectivity index (χ3v) is 6.76. The number of hydrogen-bond donors (Lipinski definition) is 0. The molecule has 2 atom stereocenters. The molecule has 1 aliphatic rings. The lowest BCUT2D eigenvalue weighted by molar-refractivity contribution is -0.123. The van der Waals surface area contributed by atoms with Gasteiger partial charge in [-0.15, -0.1) is 0 Å². The Morgan fingerprint density at radius 1 is 1.03 bits per heavy atom. The van der Waals surface area contributed by atoms with Crippen molar-refractivity contribution in [2.45, 2.75) is 38.5 Å². The van der Waals surface area contributed by atoms with Crippen LogP contribution in [-0.4, -0.2) is 23.2 Å². The second-order valence-electron chi connectivity index (χ2n) is 8.51. The molecule has 2 unspecified atom stereocenters. The number of carbonyl (C=O) groups is 2. The molecule has 0 radical (unpaired) electrons. The van der Waals surface area contributed by atoms with Gasteiger partial charge in [0.2, 0.25) is 0 Å². The highest BCUT2D eigenvalue weighted by Crippen LogP contribution is 2.35. The topological polar surface area (TPSA) is 56.3 Å². The number of ether oxygens (including phenoxy) is 1. The lowest BCUT2D eigenvalue weighted by Gasteiger charge is -2.11. The minimum atomic E-state index is -0.544. The van der Waals surface area contributed by atoms with Gasteiger partial charge in [0.1, 0.15) is 23.0 Å². The maximum Gasteiger partial charge on any atom is 0.181 e. The van der Waals surface area contributed by atoms with Gasteiger partial charge >= 0.3 is 0 Å². The van der Waals surface area contributed by atoms with Gasteiger partial charge < -0.3 is 4.74 Å². The van der Waals surface area contributed by atoms with Crippen LogP contribution in [0.15, 0.2) is 48.5 Å². The number of pyridine rings is 1. The number of ketones is 2. The van der Waals surface area contributed by atoms with Crippen LogP contribution in [0, 0.1) is 17.7 Å². The second-order valence-corrected chi connectivity index (χ2v) is 9.36. The number of benzene rings is 2. The minimum absolute atomic E-state index is 0.000742. The fourth-order valence-corrected chi connectivity index (χ4v) is 4.68. The Bertz CT molecular complexity index is 1180. The zero-order valence-corrected chi connectivity index (χ0v) is 19.5. The number of Topliss-reactive ketones (excluding diaryl/α,β-unsaturated/α-hetero) is 2. The Kier molecular flexibility index (Phi) is 7.61. The van der Waals surface area contributed by atoms with E-state index < -0.39 is 5.82 Å². The summed E-state index contributed by atoms with van der Waals surface area (Å²) in [6.45, 7) is 0.207. The van der Waals surface area contributed by atoms with Gasteiger partial charge in [-0.3, -0.25) is 9.59 Å². The molecule has 2 aromatic carbocycles. The van der Waals surface area contributed by atoms with Crippen molar-refractivity contribution in [1.29, 1.82) is 0 Å². The van der Waals surface area contributed by atoms with Gasteiger partial charge in [0.05, 0.1) is 17.1 Å². The molecular weight excluding hydrogens is 464 g/mol. The van der Waals surface area contributed by atoms with Crippen molar-refractivity contribution in [3.63, 3.8) is 0 Å². The van der Waals surface area contributed by atoms with Gasteiger partial charge in [-0.05, 0) is 68.0 Å². The van der Waals surface area contributed by atoms with Crippen LogP contribution < -0.4 is 4.74 Å². The second kappa shape index (κ2) is 10.6. The summed E-state index contributed by atoms with van der Waals surface area (Å²) in [6.07, 6.45) is 4.03. The molecule has 1 aliphatic carbocycles. The first-order chi connectivity index (χ1) is 15.9. The maximum absolute atomic E-state index is 13.5. The van der Waals surface area contributed by atoms with Crippen LogP contribution >= 0.6 is 23.2 Å². The van der Waals surface area contributed by atoms with Gasteiger partial charge in [0, 0.05) is 35.2 Å². The van der Waals surface area contributed by atoms with Gasteiger partial charge in [-0.2, -0.15) is 0 Å². The van der Waals surface area contributed by atoms with Crippen LogP contribution in [0.2, 0.25) is 10.0 Å². The monoisotopic (exact) mass is 487 g/mol. The summed E-state index contributed by atoms with van der Waals surface area (Å²) in [6, 6.07) is 13.2. The molecule has 0 aliphatic heterocycles. The molecular formula is C26H24Cl2FNO3. The van der Waals surface area contributed by atoms with Crippen molar-refractivity contribution >= 4 is 45.7 Å². The summed E-state index contributed by atoms with van der Waals surface area (Å²) < 4.78 is 18.9. The fraction of sp³-hybridized carbons (Fsp3) is 0.346. The predicted octanol–water partition coefficient (Wildman–Crippen LogP) is 7.10. The maximum atomic E-state index is 13.5. The molecule has 1 heterocycles. The summed E-state index contributed by atoms with van der Waals surface area (Å²) >= 11 is 11.7. The highest BCUT2D eigenvalue weighted by Gasteiger charge is 2.29. The Morgan fingerprint density at radius 3 is 2.70 bits per heavy atom. The third-order valence-electron chi connectivity index (χ3n) is 6.22. The lowest BCUT2D eigenvalue weighted by atomic mass is 9.95. The van der Waals surface area contributed by atoms with E-state index in [1.807, 2.05) is 18.2 Å². The van der Waals surface area contributed by atoms with Gasteiger partial charge in [-0.25, -0.2) is 9.37 Å². The molecule has 33 heavy (non-hydrogen) atoms. The van der Waals surface area contributed by atoms with Crippen LogP contribution in [0.3, 0.4) is 0 Å². The van der Waals surface area contributed by atoms with E-state index in [9.17, 15) is 14.0 Å². The fourth-order valence-electron chi connectivity index (χ4n) is 4.38. The minimum Gasteiger partial charge on any atom is -0.493 e. The number of fused-ring (bicyclic) bond motifs is 1. The molecule has 0 saturated heterocycles. The largest absolute Gasteiger partial charge is 0.493 e. The Balaban J connectivity index is 1.21. The van der Waals surface area contributed by atoms with Crippen molar-refractivity contribution in [1.82, 2.24) is 4.98 Å². The van der Waals surface area contributed by atoms with E-state index in [0.29, 0.717) is 28.8 Å². The van der Waals surface area contributed by atoms with Crippen molar-refractivity contribution in [3.8, 4) is 5.75 Å². The molecule has 1 fully saturated rings. The molecule has 3 aromatic rings. The lowest BCUT2D eigenvalue weighted by Crippen LogP contribution is -2.15. The Hall–Kier alpha value is -2.50. The van der Waals surface area contributed by atoms with Crippen LogP contribution in [0.25, 0.3) is 10.9 Å². The first-order valence-electron chi connectivity index (χ1n) is 11.1. The summed E-state index contributed by atoms with van der Waals surface area (Å²) in [7, 11) is 0. The highest BCUT2D eigenvalue weighted by molar-refractivity contribution is 6.31. The zero-order valence-electron chi connectivity index (χ0n) is 18.0. The van der Waals surface area contributed by atoms with E-state index in [1.165, 1.54) is 12.1 Å². The van der Waals surface area contributed by atoms with Crippen LogP contribution in [0.4, 0.5) is 4.39 Å². The number of rotatable bonds is 9. The normalized spacial score (nSPS) is 17.9. The Labute approximate surface area is 202 Å². The predicted molar refractivity (Wildman–Crippen MR) is 128 cm³/mol. The van der Waals surface area contributed by atoms with Crippen molar-refractivity contribution in [2.24, 2.45) is 11.8 Å². The van der Waals surface area contributed by atoms with Crippen molar-refractivity contribution in [3.05, 3.63) is 70.1 Å². The molecule has 172 valence electrons. The van der Waals surface area contributed by atoms with E-state index in [0.717, 1.165) is 36.6 Å². The zero-order chi connectivity index (χ0) is 23.4. The van der Waals surface area contributed by atoms with Crippen molar-refractivity contribution < 1.29 is 18.7 Å². The molecule has 4 nitrogen and oxygen atoms in total. The molecule has 1 saturated carbocycles. The first kappa shape index (κ1) is 23.7. The highest BCUT2D eigenvalue weighted by atomic mass is 35.5. The van der Waals surface area contributed by atoms with Crippen LogP contribution in [0.5, 0.6) is 5.75 Å². The van der Waals surface area contributed by atoms with E-state index in [1.54, 1.807) is 18.2 Å². The average Bonchev–Trinajstić information content (AvgIpc) is 3.28. The van der Waals surface area contributed by atoms with E-state index in [-0.39, 0.29) is 35.5 Å². The number of nitrogens with zero attached hydrogens (tertiary/aromatic N) is 1. The van der Waals surface area contributed by atoms with Gasteiger partial charge in [-0.1, -0.05) is 29.3 Å². The van der Waals surface area contributed by atoms with E-state index in [2.05, 4.69) is 4.98 Å². The SMILES string of the molecule is O=C(CCC1CCC(C(=O)CCOc2ccc(Cl)c(F)c2)C1)c1ccc2cc(Cl)ccc2n1. The van der Waals surface area contributed by atoms with E-state index in [4.69, 9.17) is 27.9 Å². The van der Waals surface area contributed by atoms with Crippen LogP contribution in [0.1, 0.15) is 49.0 Å². The quantitative estimate of drug-likeness (QED) is 0.302. The molecule has 4 rings (SSSR count). The van der Waals surface area contributed by atoms with Gasteiger partial charge in [0.15, 0.2) is 5.78 Å². The molecule has 0 N–H and O–H groups in total. The number of halogens is 3. The smallest absolute Gasteiger partial charge is 0.181 e. The third kappa shape index (κ3) is 6.10. The number of aromatic nitrogens is 1. The number of carbonyl (C=O) groups excluding carboxylic acids is 2. The summed E-state index contributed by atoms with van der Waals surface area (Å²) in [5, 5.41) is 1.58. The molecule has 7 heteroatoms. The summed E-state index contributed by atoms with van der Waals surface area (Å²) in [4.78, 5) is 29.7. The first-order valence-corrected chi connectivity index (χ1v) is 11.8. The Morgan fingerprint density at radius 2 is 1.88 bits per heavy atom.